The van der Waals surface area contributed by atoms with Gasteiger partial charge in [0.1, 0.15) is 12.4 Å². The Hall–Kier alpha value is -0.490. The smallest absolute Gasteiger partial charge is 0.345 e. The summed E-state index contributed by atoms with van der Waals surface area (Å²) >= 11 is 8.90. The number of halogens is 5. The fraction of sp³-hybridized carbons (Fsp3) is 0.444. The Morgan fingerprint density at radius 2 is 2.12 bits per heavy atom. The summed E-state index contributed by atoms with van der Waals surface area (Å²) < 4.78 is 37.0. The maximum atomic E-state index is 12.3. The van der Waals surface area contributed by atoms with Crippen molar-refractivity contribution in [1.29, 1.82) is 0 Å². The Kier molecular flexibility index (Phi) is 4.86. The summed E-state index contributed by atoms with van der Waals surface area (Å²) in [5, 5.41) is 0.628. The molecule has 0 radical (unpaired) electrons. The number of pyridine rings is 1. The van der Waals surface area contributed by atoms with Gasteiger partial charge in [-0.3, -0.25) is 0 Å². The summed E-state index contributed by atoms with van der Waals surface area (Å²) in [5.41, 5.74) is 0. The predicted octanol–water partition coefficient (Wildman–Crippen LogP) is 3.50. The maximum absolute atomic E-state index is 12.3. The van der Waals surface area contributed by atoms with Crippen LogP contribution in [0.2, 0.25) is 5.02 Å². The fourth-order valence-electron chi connectivity index (χ4n) is 1.19. The van der Waals surface area contributed by atoms with Crippen molar-refractivity contribution < 1.29 is 13.2 Å². The van der Waals surface area contributed by atoms with Gasteiger partial charge >= 0.3 is 6.18 Å². The zero-order chi connectivity index (χ0) is 12.2. The summed E-state index contributed by atoms with van der Waals surface area (Å²) in [4.78, 5) is 4.95. The number of anilines is 1. The minimum absolute atomic E-state index is 0.154. The van der Waals surface area contributed by atoms with Crippen LogP contribution in [0.3, 0.4) is 0 Å². The van der Waals surface area contributed by atoms with Crippen molar-refractivity contribution in [3.63, 3.8) is 0 Å². The minimum atomic E-state index is -4.27. The van der Waals surface area contributed by atoms with Crippen LogP contribution in [0.5, 0.6) is 0 Å². The van der Waals surface area contributed by atoms with Crippen LogP contribution < -0.4 is 4.90 Å². The molecular formula is C9H9BrClF3N2. The van der Waals surface area contributed by atoms with E-state index in [1.807, 2.05) is 0 Å². The standard InChI is InChI=1S/C9H9BrClF3N2/c10-3-5-16(6-9(12,13)14)8-7(11)2-1-4-15-8/h1-2,4H,3,5-6H2. The Bertz CT molecular complexity index is 346. The zero-order valence-corrected chi connectivity index (χ0v) is 10.5. The van der Waals surface area contributed by atoms with Crippen LogP contribution in [-0.4, -0.2) is 29.6 Å². The SMILES string of the molecule is FC(F)(F)CN(CCBr)c1ncccc1Cl. The first kappa shape index (κ1) is 13.6. The van der Waals surface area contributed by atoms with Gasteiger partial charge in [-0.1, -0.05) is 27.5 Å². The highest BCUT2D eigenvalue weighted by atomic mass is 79.9. The van der Waals surface area contributed by atoms with Crippen molar-refractivity contribution in [1.82, 2.24) is 4.98 Å². The molecule has 90 valence electrons. The lowest BCUT2D eigenvalue weighted by Gasteiger charge is -2.24. The van der Waals surface area contributed by atoms with Gasteiger partial charge in [0.05, 0.1) is 5.02 Å². The van der Waals surface area contributed by atoms with Gasteiger partial charge < -0.3 is 4.90 Å². The molecule has 0 amide bonds. The lowest BCUT2D eigenvalue weighted by atomic mass is 10.4. The first-order valence-corrected chi connectivity index (χ1v) is 5.92. The third-order valence-electron chi connectivity index (χ3n) is 1.76. The average Bonchev–Trinajstić information content (AvgIpc) is 2.16. The molecule has 1 rings (SSSR count). The fourth-order valence-corrected chi connectivity index (χ4v) is 1.86. The Labute approximate surface area is 105 Å². The van der Waals surface area contributed by atoms with Gasteiger partial charge in [0.15, 0.2) is 0 Å². The molecular weight excluding hydrogens is 308 g/mol. The van der Waals surface area contributed by atoms with E-state index in [0.29, 0.717) is 5.33 Å². The second kappa shape index (κ2) is 5.72. The lowest BCUT2D eigenvalue weighted by Crippen LogP contribution is -2.36. The zero-order valence-electron chi connectivity index (χ0n) is 8.14. The third kappa shape index (κ3) is 4.17. The van der Waals surface area contributed by atoms with Crippen molar-refractivity contribution >= 4 is 33.3 Å². The normalized spacial score (nSPS) is 11.6. The molecule has 0 bridgehead atoms. The molecule has 1 aromatic heterocycles. The minimum Gasteiger partial charge on any atom is -0.345 e. The van der Waals surface area contributed by atoms with Crippen molar-refractivity contribution in [3.05, 3.63) is 23.4 Å². The molecule has 0 N–H and O–H groups in total. The van der Waals surface area contributed by atoms with E-state index in [-0.39, 0.29) is 17.4 Å². The monoisotopic (exact) mass is 316 g/mol. The van der Waals surface area contributed by atoms with Crippen molar-refractivity contribution in [2.24, 2.45) is 0 Å². The largest absolute Gasteiger partial charge is 0.405 e. The number of alkyl halides is 4. The summed E-state index contributed by atoms with van der Waals surface area (Å²) in [6.07, 6.45) is -2.86. The number of aromatic nitrogens is 1. The number of nitrogens with zero attached hydrogens (tertiary/aromatic N) is 2. The molecule has 0 aliphatic rings. The Morgan fingerprint density at radius 1 is 1.44 bits per heavy atom. The summed E-state index contributed by atoms with van der Waals surface area (Å²) in [6.45, 7) is -0.869. The van der Waals surface area contributed by atoms with Crippen LogP contribution >= 0.6 is 27.5 Å². The molecule has 0 fully saturated rings. The van der Waals surface area contributed by atoms with Gasteiger partial charge in [0.25, 0.3) is 0 Å². The van der Waals surface area contributed by atoms with Crippen molar-refractivity contribution in [2.75, 3.05) is 23.3 Å². The van der Waals surface area contributed by atoms with Crippen LogP contribution in [0.4, 0.5) is 19.0 Å². The van der Waals surface area contributed by atoms with Crippen LogP contribution in [0, 0.1) is 0 Å². The second-order valence-electron chi connectivity index (χ2n) is 3.03. The molecule has 0 aliphatic carbocycles. The van der Waals surface area contributed by atoms with Crippen LogP contribution in [-0.2, 0) is 0 Å². The molecule has 16 heavy (non-hydrogen) atoms. The Balaban J connectivity index is 2.89. The molecule has 2 nitrogen and oxygen atoms in total. The van der Waals surface area contributed by atoms with Crippen LogP contribution in [0.25, 0.3) is 0 Å². The van der Waals surface area contributed by atoms with Crippen molar-refractivity contribution in [3.8, 4) is 0 Å². The average molecular weight is 318 g/mol. The van der Waals surface area contributed by atoms with Crippen LogP contribution in [0.1, 0.15) is 0 Å². The summed E-state index contributed by atoms with van der Waals surface area (Å²) in [6, 6.07) is 3.09. The highest BCUT2D eigenvalue weighted by Gasteiger charge is 2.31. The predicted molar refractivity (Wildman–Crippen MR) is 61.3 cm³/mol. The lowest BCUT2D eigenvalue weighted by molar-refractivity contribution is -0.119. The summed E-state index contributed by atoms with van der Waals surface area (Å²) in [7, 11) is 0. The van der Waals surface area contributed by atoms with Crippen LogP contribution in [0.15, 0.2) is 18.3 Å². The molecule has 7 heteroatoms. The first-order valence-electron chi connectivity index (χ1n) is 4.42. The topological polar surface area (TPSA) is 16.1 Å². The van der Waals surface area contributed by atoms with Gasteiger partial charge in [-0.2, -0.15) is 13.2 Å². The Morgan fingerprint density at radius 3 is 2.62 bits per heavy atom. The highest BCUT2D eigenvalue weighted by Crippen LogP contribution is 2.26. The molecule has 0 saturated heterocycles. The quantitative estimate of drug-likeness (QED) is 0.790. The second-order valence-corrected chi connectivity index (χ2v) is 4.23. The molecule has 0 atom stereocenters. The third-order valence-corrected chi connectivity index (χ3v) is 2.41. The van der Waals surface area contributed by atoms with E-state index in [1.54, 1.807) is 6.07 Å². The summed E-state index contributed by atoms with van der Waals surface area (Å²) in [5.74, 6) is 0.154. The molecule has 0 unspecified atom stereocenters. The van der Waals surface area contributed by atoms with E-state index in [4.69, 9.17) is 11.6 Å². The molecule has 0 spiro atoms. The van der Waals surface area contributed by atoms with E-state index in [9.17, 15) is 13.2 Å². The maximum Gasteiger partial charge on any atom is 0.405 e. The van der Waals surface area contributed by atoms with E-state index >= 15 is 0 Å². The van der Waals surface area contributed by atoms with Gasteiger partial charge in [-0.25, -0.2) is 4.98 Å². The van der Waals surface area contributed by atoms with Gasteiger partial charge in [0, 0.05) is 18.1 Å². The molecule has 0 aromatic carbocycles. The highest BCUT2D eigenvalue weighted by molar-refractivity contribution is 9.09. The number of rotatable bonds is 4. The van der Waals surface area contributed by atoms with E-state index in [1.165, 1.54) is 12.3 Å². The molecule has 1 heterocycles. The van der Waals surface area contributed by atoms with E-state index < -0.39 is 12.7 Å². The first-order chi connectivity index (χ1) is 7.44. The number of hydrogen-bond donors (Lipinski definition) is 0. The van der Waals surface area contributed by atoms with E-state index in [0.717, 1.165) is 4.90 Å². The van der Waals surface area contributed by atoms with Gasteiger partial charge in [0.2, 0.25) is 0 Å². The van der Waals surface area contributed by atoms with E-state index in [2.05, 4.69) is 20.9 Å². The molecule has 0 aliphatic heterocycles. The molecule has 1 aromatic rings. The van der Waals surface area contributed by atoms with Crippen molar-refractivity contribution in [2.45, 2.75) is 6.18 Å². The van der Waals surface area contributed by atoms with Gasteiger partial charge in [-0.05, 0) is 12.1 Å². The molecule has 0 saturated carbocycles. The number of hydrogen-bond acceptors (Lipinski definition) is 2. The van der Waals surface area contributed by atoms with Gasteiger partial charge in [-0.15, -0.1) is 0 Å².